The van der Waals surface area contributed by atoms with Gasteiger partial charge in [-0.25, -0.2) is 0 Å². The first kappa shape index (κ1) is 12.2. The molecular formula is C11H15N3O2. The van der Waals surface area contributed by atoms with Crippen molar-refractivity contribution in [2.45, 2.75) is 25.8 Å². The summed E-state index contributed by atoms with van der Waals surface area (Å²) in [5.41, 5.74) is 5.81. The average molecular weight is 221 g/mol. The van der Waals surface area contributed by atoms with E-state index < -0.39 is 0 Å². The zero-order valence-corrected chi connectivity index (χ0v) is 9.14. The lowest BCUT2D eigenvalue weighted by Crippen LogP contribution is -2.28. The highest BCUT2D eigenvalue weighted by atomic mass is 16.1. The van der Waals surface area contributed by atoms with E-state index in [4.69, 9.17) is 5.73 Å². The topological polar surface area (TPSA) is 85.1 Å². The number of amides is 2. The molecule has 16 heavy (non-hydrogen) atoms. The van der Waals surface area contributed by atoms with Gasteiger partial charge >= 0.3 is 0 Å². The molecule has 5 nitrogen and oxygen atoms in total. The van der Waals surface area contributed by atoms with Gasteiger partial charge in [-0.15, -0.1) is 0 Å². The number of nitrogens with two attached hydrogens (primary N) is 1. The van der Waals surface area contributed by atoms with Crippen LogP contribution in [0.4, 0.5) is 0 Å². The predicted octanol–water partition coefficient (Wildman–Crippen LogP) is 0.524. The van der Waals surface area contributed by atoms with Gasteiger partial charge in [-0.2, -0.15) is 0 Å². The third kappa shape index (κ3) is 4.08. The fraction of sp³-hybridized carbons (Fsp3) is 0.364. The number of primary amides is 1. The highest BCUT2D eigenvalue weighted by Crippen LogP contribution is 2.15. The van der Waals surface area contributed by atoms with Crippen LogP contribution in [-0.4, -0.2) is 16.8 Å². The summed E-state index contributed by atoms with van der Waals surface area (Å²) in [5, 5.41) is 2.74. The van der Waals surface area contributed by atoms with Gasteiger partial charge in [0.15, 0.2) is 0 Å². The molecule has 2 amide bonds. The van der Waals surface area contributed by atoms with Gasteiger partial charge in [0.1, 0.15) is 0 Å². The van der Waals surface area contributed by atoms with Crippen LogP contribution in [0.25, 0.3) is 0 Å². The van der Waals surface area contributed by atoms with Crippen molar-refractivity contribution in [3.8, 4) is 0 Å². The Bertz CT molecular complexity index is 365. The Balaban J connectivity index is 2.71. The summed E-state index contributed by atoms with van der Waals surface area (Å²) in [4.78, 5) is 25.9. The van der Waals surface area contributed by atoms with Gasteiger partial charge in [-0.1, -0.05) is 6.07 Å². The van der Waals surface area contributed by atoms with E-state index in [-0.39, 0.29) is 24.3 Å². The predicted molar refractivity (Wildman–Crippen MR) is 59.2 cm³/mol. The zero-order valence-electron chi connectivity index (χ0n) is 9.14. The first-order valence-corrected chi connectivity index (χ1v) is 5.06. The number of carbonyl (C=O) groups excluding carboxylic acids is 2. The Morgan fingerprint density at radius 2 is 2.25 bits per heavy atom. The molecule has 3 N–H and O–H groups in total. The molecule has 0 saturated carbocycles. The van der Waals surface area contributed by atoms with Gasteiger partial charge in [0.05, 0.1) is 11.7 Å². The maximum absolute atomic E-state index is 11.0. The van der Waals surface area contributed by atoms with Gasteiger partial charge in [-0.3, -0.25) is 14.6 Å². The molecule has 0 aliphatic carbocycles. The van der Waals surface area contributed by atoms with E-state index in [0.29, 0.717) is 6.42 Å². The lowest BCUT2D eigenvalue weighted by atomic mass is 10.1. The Labute approximate surface area is 94.1 Å². The molecule has 1 atom stereocenters. The third-order valence-electron chi connectivity index (χ3n) is 2.10. The summed E-state index contributed by atoms with van der Waals surface area (Å²) in [6, 6.07) is 5.18. The molecule has 1 aromatic heterocycles. The second kappa shape index (κ2) is 5.85. The molecule has 0 bridgehead atoms. The van der Waals surface area contributed by atoms with Gasteiger partial charge in [0, 0.05) is 19.5 Å². The van der Waals surface area contributed by atoms with Gasteiger partial charge in [-0.05, 0) is 18.6 Å². The summed E-state index contributed by atoms with van der Waals surface area (Å²) in [7, 11) is 0. The molecule has 0 aromatic carbocycles. The second-order valence-electron chi connectivity index (χ2n) is 3.51. The van der Waals surface area contributed by atoms with Crippen molar-refractivity contribution in [2.24, 2.45) is 5.73 Å². The number of nitrogens with one attached hydrogen (secondary N) is 1. The monoisotopic (exact) mass is 221 g/mol. The highest BCUT2D eigenvalue weighted by Gasteiger charge is 2.14. The Hall–Kier alpha value is -1.91. The van der Waals surface area contributed by atoms with Crippen LogP contribution in [0, 0.1) is 0 Å². The van der Waals surface area contributed by atoms with Crippen molar-refractivity contribution < 1.29 is 9.59 Å². The normalized spacial score (nSPS) is 11.8. The molecule has 0 radical (unpaired) electrons. The minimum atomic E-state index is -0.383. The molecule has 5 heteroatoms. The quantitative estimate of drug-likeness (QED) is 0.760. The fourth-order valence-corrected chi connectivity index (χ4v) is 1.41. The van der Waals surface area contributed by atoms with Crippen molar-refractivity contribution in [3.05, 3.63) is 30.1 Å². The number of aromatic nitrogens is 1. The number of carbonyl (C=O) groups is 2. The van der Waals surface area contributed by atoms with Crippen molar-refractivity contribution in [1.82, 2.24) is 10.3 Å². The summed E-state index contributed by atoms with van der Waals surface area (Å²) in [6.45, 7) is 1.43. The van der Waals surface area contributed by atoms with Crippen LogP contribution >= 0.6 is 0 Å². The van der Waals surface area contributed by atoms with Crippen LogP contribution in [0.1, 0.15) is 31.5 Å². The van der Waals surface area contributed by atoms with Gasteiger partial charge < -0.3 is 11.1 Å². The molecule has 0 spiro atoms. The van der Waals surface area contributed by atoms with Crippen LogP contribution in [0.15, 0.2) is 24.4 Å². The van der Waals surface area contributed by atoms with Crippen LogP contribution in [0.3, 0.4) is 0 Å². The number of pyridine rings is 1. The van der Waals surface area contributed by atoms with E-state index in [9.17, 15) is 9.59 Å². The fourth-order valence-electron chi connectivity index (χ4n) is 1.41. The minimum Gasteiger partial charge on any atom is -0.370 e. The number of rotatable bonds is 5. The maximum atomic E-state index is 11.0. The van der Waals surface area contributed by atoms with Crippen LogP contribution in [0.2, 0.25) is 0 Å². The molecule has 0 aliphatic rings. The van der Waals surface area contributed by atoms with E-state index in [1.165, 1.54) is 6.92 Å². The molecule has 1 rings (SSSR count). The number of hydrogen-bond donors (Lipinski definition) is 2. The van der Waals surface area contributed by atoms with Gasteiger partial charge in [0.2, 0.25) is 11.8 Å². The largest absolute Gasteiger partial charge is 0.370 e. The number of hydrogen-bond acceptors (Lipinski definition) is 3. The summed E-state index contributed by atoms with van der Waals surface area (Å²) in [5.74, 6) is -0.536. The van der Waals surface area contributed by atoms with Gasteiger partial charge in [0.25, 0.3) is 0 Å². The Morgan fingerprint density at radius 3 is 2.75 bits per heavy atom. The van der Waals surface area contributed by atoms with E-state index in [1.54, 1.807) is 12.3 Å². The van der Waals surface area contributed by atoms with Crippen molar-refractivity contribution in [1.29, 1.82) is 0 Å². The Kier molecular flexibility index (Phi) is 4.44. The van der Waals surface area contributed by atoms with E-state index in [0.717, 1.165) is 5.69 Å². The highest BCUT2D eigenvalue weighted by molar-refractivity contribution is 5.75. The SMILES string of the molecule is CC(=O)N[C@@H](CCC(N)=O)c1ccccn1. The summed E-state index contributed by atoms with van der Waals surface area (Å²) < 4.78 is 0. The third-order valence-corrected chi connectivity index (χ3v) is 2.10. The van der Waals surface area contributed by atoms with Crippen molar-refractivity contribution in [3.63, 3.8) is 0 Å². The average Bonchev–Trinajstić information content (AvgIpc) is 2.25. The lowest BCUT2D eigenvalue weighted by molar-refractivity contribution is -0.121. The van der Waals surface area contributed by atoms with Crippen molar-refractivity contribution >= 4 is 11.8 Å². The minimum absolute atomic E-state index is 0.153. The Morgan fingerprint density at radius 1 is 1.50 bits per heavy atom. The molecule has 0 fully saturated rings. The van der Waals surface area contributed by atoms with Crippen LogP contribution < -0.4 is 11.1 Å². The lowest BCUT2D eigenvalue weighted by Gasteiger charge is -2.16. The standard InChI is InChI=1S/C11H15N3O2/c1-8(15)14-10(5-6-11(12)16)9-4-2-3-7-13-9/h2-4,7,10H,5-6H2,1H3,(H2,12,16)(H,14,15)/t10-/m0/s1. The molecule has 1 aromatic rings. The van der Waals surface area contributed by atoms with Crippen LogP contribution in [0.5, 0.6) is 0 Å². The molecule has 0 aliphatic heterocycles. The second-order valence-corrected chi connectivity index (χ2v) is 3.51. The molecule has 0 unspecified atom stereocenters. The van der Waals surface area contributed by atoms with Crippen molar-refractivity contribution in [2.75, 3.05) is 0 Å². The van der Waals surface area contributed by atoms with E-state index in [1.807, 2.05) is 12.1 Å². The summed E-state index contributed by atoms with van der Waals surface area (Å²) in [6.07, 6.45) is 2.34. The number of nitrogens with zero attached hydrogens (tertiary/aromatic N) is 1. The van der Waals surface area contributed by atoms with E-state index >= 15 is 0 Å². The van der Waals surface area contributed by atoms with Crippen LogP contribution in [-0.2, 0) is 9.59 Å². The first-order chi connectivity index (χ1) is 7.59. The first-order valence-electron chi connectivity index (χ1n) is 5.06. The molecule has 0 saturated heterocycles. The smallest absolute Gasteiger partial charge is 0.217 e. The molecule has 86 valence electrons. The van der Waals surface area contributed by atoms with E-state index in [2.05, 4.69) is 10.3 Å². The molecular weight excluding hydrogens is 206 g/mol. The maximum Gasteiger partial charge on any atom is 0.217 e. The zero-order chi connectivity index (χ0) is 12.0. The summed E-state index contributed by atoms with van der Waals surface area (Å²) >= 11 is 0. The molecule has 1 heterocycles.